The maximum absolute atomic E-state index is 12.0. The van der Waals surface area contributed by atoms with E-state index >= 15 is 0 Å². The first-order chi connectivity index (χ1) is 10.0. The Bertz CT molecular complexity index is 514. The summed E-state index contributed by atoms with van der Waals surface area (Å²) in [5.41, 5.74) is 0.763. The van der Waals surface area contributed by atoms with Crippen molar-refractivity contribution in [3.05, 3.63) is 29.8 Å². The molecule has 1 aromatic carbocycles. The molecule has 0 heterocycles. The topological polar surface area (TPSA) is 95.5 Å². The molecule has 6 heteroatoms. The third kappa shape index (κ3) is 6.07. The molecule has 0 aliphatic rings. The average Bonchev–Trinajstić information content (AvgIpc) is 2.46. The summed E-state index contributed by atoms with van der Waals surface area (Å²) in [6.45, 7) is 2.61. The molecule has 2 amide bonds. The van der Waals surface area contributed by atoms with Crippen LogP contribution in [0.2, 0.25) is 0 Å². The molecular weight excluding hydrogens is 272 g/mol. The minimum absolute atomic E-state index is 0.124. The van der Waals surface area contributed by atoms with Gasteiger partial charge in [-0.1, -0.05) is 25.5 Å². The van der Waals surface area contributed by atoms with Crippen molar-refractivity contribution in [1.82, 2.24) is 5.32 Å². The van der Waals surface area contributed by atoms with Crippen LogP contribution in [0, 0.1) is 0 Å². The van der Waals surface area contributed by atoms with Crippen LogP contribution in [-0.2, 0) is 9.59 Å². The molecule has 114 valence electrons. The molecular formula is C15H20N2O4. The molecule has 0 radical (unpaired) electrons. The van der Waals surface area contributed by atoms with Crippen LogP contribution in [0.4, 0.5) is 5.69 Å². The zero-order chi connectivity index (χ0) is 15.7. The number of carbonyl (C=O) groups excluding carboxylic acids is 2. The minimum Gasteiger partial charge on any atom is -0.481 e. The van der Waals surface area contributed by atoms with Crippen molar-refractivity contribution in [1.29, 1.82) is 0 Å². The van der Waals surface area contributed by atoms with Crippen molar-refractivity contribution < 1.29 is 19.5 Å². The highest BCUT2D eigenvalue weighted by molar-refractivity contribution is 6.04. The minimum atomic E-state index is -1.03. The Labute approximate surface area is 123 Å². The van der Waals surface area contributed by atoms with E-state index in [2.05, 4.69) is 10.6 Å². The molecule has 1 rings (SSSR count). The van der Waals surface area contributed by atoms with Crippen LogP contribution in [0.25, 0.3) is 0 Å². The first-order valence-corrected chi connectivity index (χ1v) is 6.93. The molecule has 1 aromatic rings. The van der Waals surface area contributed by atoms with Crippen molar-refractivity contribution in [2.45, 2.75) is 32.6 Å². The first-order valence-electron chi connectivity index (χ1n) is 6.93. The zero-order valence-electron chi connectivity index (χ0n) is 12.0. The van der Waals surface area contributed by atoms with E-state index < -0.39 is 11.9 Å². The molecule has 6 nitrogen and oxygen atoms in total. The number of benzene rings is 1. The molecule has 0 aromatic heterocycles. The summed E-state index contributed by atoms with van der Waals surface area (Å²) in [5, 5.41) is 13.9. The van der Waals surface area contributed by atoms with Crippen LogP contribution in [0.15, 0.2) is 24.3 Å². The summed E-state index contributed by atoms with van der Waals surface area (Å²) < 4.78 is 0. The van der Waals surface area contributed by atoms with E-state index in [1.54, 1.807) is 24.3 Å². The van der Waals surface area contributed by atoms with Gasteiger partial charge in [0.05, 0.1) is 17.7 Å². The van der Waals surface area contributed by atoms with Crippen molar-refractivity contribution in [2.75, 3.05) is 11.9 Å². The monoisotopic (exact) mass is 292 g/mol. The fourth-order valence-electron chi connectivity index (χ4n) is 1.70. The summed E-state index contributed by atoms with van der Waals surface area (Å²) in [4.78, 5) is 34.1. The quantitative estimate of drug-likeness (QED) is 0.639. The number of aliphatic carboxylic acids is 1. The van der Waals surface area contributed by atoms with Gasteiger partial charge in [0.1, 0.15) is 0 Å². The number of amides is 2. The van der Waals surface area contributed by atoms with Gasteiger partial charge in [-0.15, -0.1) is 0 Å². The van der Waals surface area contributed by atoms with Gasteiger partial charge in [-0.25, -0.2) is 0 Å². The standard InChI is InChI=1S/C15H20N2O4/c1-2-3-10-16-15(21)11-6-4-5-7-12(11)17-13(18)8-9-14(19)20/h4-7H,2-3,8-10H2,1H3,(H,16,21)(H,17,18)(H,19,20). The number of anilines is 1. The molecule has 21 heavy (non-hydrogen) atoms. The highest BCUT2D eigenvalue weighted by Gasteiger charge is 2.13. The van der Waals surface area contributed by atoms with E-state index in [1.807, 2.05) is 6.92 Å². The van der Waals surface area contributed by atoms with E-state index in [1.165, 1.54) is 0 Å². The normalized spacial score (nSPS) is 9.95. The van der Waals surface area contributed by atoms with Crippen molar-refractivity contribution in [2.24, 2.45) is 0 Å². The Morgan fingerprint density at radius 2 is 1.86 bits per heavy atom. The molecule has 3 N–H and O–H groups in total. The number of unbranched alkanes of at least 4 members (excludes halogenated alkanes) is 1. The predicted octanol–water partition coefficient (Wildman–Crippen LogP) is 2.02. The number of nitrogens with one attached hydrogen (secondary N) is 2. The van der Waals surface area contributed by atoms with Gasteiger partial charge in [-0.2, -0.15) is 0 Å². The van der Waals surface area contributed by atoms with Crippen molar-refractivity contribution >= 4 is 23.5 Å². The number of para-hydroxylation sites is 1. The van der Waals surface area contributed by atoms with Crippen LogP contribution in [0.3, 0.4) is 0 Å². The second-order valence-electron chi connectivity index (χ2n) is 4.60. The Hall–Kier alpha value is -2.37. The summed E-state index contributed by atoms with van der Waals surface area (Å²) in [7, 11) is 0. The summed E-state index contributed by atoms with van der Waals surface area (Å²) in [6, 6.07) is 6.65. The highest BCUT2D eigenvalue weighted by Crippen LogP contribution is 2.15. The smallest absolute Gasteiger partial charge is 0.303 e. The molecule has 0 aliphatic heterocycles. The summed E-state index contributed by atoms with van der Waals surface area (Å²) in [5.74, 6) is -1.71. The third-order valence-electron chi connectivity index (χ3n) is 2.83. The lowest BCUT2D eigenvalue weighted by molar-refractivity contribution is -0.138. The van der Waals surface area contributed by atoms with Crippen molar-refractivity contribution in [3.8, 4) is 0 Å². The lowest BCUT2D eigenvalue weighted by Gasteiger charge is -2.11. The molecule has 0 fully saturated rings. The maximum atomic E-state index is 12.0. The van der Waals surface area contributed by atoms with Crippen LogP contribution in [-0.4, -0.2) is 29.4 Å². The SMILES string of the molecule is CCCCNC(=O)c1ccccc1NC(=O)CCC(=O)O. The number of carbonyl (C=O) groups is 3. The van der Waals surface area contributed by atoms with Gasteiger partial charge in [-0.3, -0.25) is 14.4 Å². The third-order valence-corrected chi connectivity index (χ3v) is 2.83. The van der Waals surface area contributed by atoms with Crippen LogP contribution in [0.1, 0.15) is 43.0 Å². The number of carboxylic acid groups (broad SMARTS) is 1. The molecule has 0 unspecified atom stereocenters. The lowest BCUT2D eigenvalue weighted by atomic mass is 10.1. The fourth-order valence-corrected chi connectivity index (χ4v) is 1.70. The average molecular weight is 292 g/mol. The molecule has 0 bridgehead atoms. The van der Waals surface area contributed by atoms with Gasteiger partial charge >= 0.3 is 5.97 Å². The van der Waals surface area contributed by atoms with Gasteiger partial charge in [0.15, 0.2) is 0 Å². The zero-order valence-corrected chi connectivity index (χ0v) is 12.0. The fraction of sp³-hybridized carbons (Fsp3) is 0.400. The van der Waals surface area contributed by atoms with E-state index in [0.717, 1.165) is 12.8 Å². The predicted molar refractivity (Wildman–Crippen MR) is 79.2 cm³/mol. The van der Waals surface area contributed by atoms with Gasteiger partial charge in [0.2, 0.25) is 5.91 Å². The van der Waals surface area contributed by atoms with Crippen molar-refractivity contribution in [3.63, 3.8) is 0 Å². The van der Waals surface area contributed by atoms with Gasteiger partial charge < -0.3 is 15.7 Å². The Balaban J connectivity index is 2.68. The van der Waals surface area contributed by atoms with E-state index in [0.29, 0.717) is 17.8 Å². The second-order valence-corrected chi connectivity index (χ2v) is 4.60. The summed E-state index contributed by atoms with van der Waals surface area (Å²) >= 11 is 0. The first kappa shape index (κ1) is 16.7. The van der Waals surface area contributed by atoms with Crippen LogP contribution < -0.4 is 10.6 Å². The van der Waals surface area contributed by atoms with Gasteiger partial charge in [0, 0.05) is 13.0 Å². The van der Waals surface area contributed by atoms with Crippen LogP contribution >= 0.6 is 0 Å². The largest absolute Gasteiger partial charge is 0.481 e. The van der Waals surface area contributed by atoms with E-state index in [9.17, 15) is 14.4 Å². The molecule has 0 aliphatic carbocycles. The van der Waals surface area contributed by atoms with E-state index in [-0.39, 0.29) is 18.7 Å². The van der Waals surface area contributed by atoms with Crippen LogP contribution in [0.5, 0.6) is 0 Å². The Morgan fingerprint density at radius 1 is 1.14 bits per heavy atom. The Morgan fingerprint density at radius 3 is 2.52 bits per heavy atom. The van der Waals surface area contributed by atoms with Gasteiger partial charge in [-0.05, 0) is 18.6 Å². The highest BCUT2D eigenvalue weighted by atomic mass is 16.4. The number of carboxylic acids is 1. The molecule has 0 spiro atoms. The number of rotatable bonds is 8. The maximum Gasteiger partial charge on any atom is 0.303 e. The second kappa shape index (κ2) is 8.73. The number of hydrogen-bond acceptors (Lipinski definition) is 3. The molecule has 0 atom stereocenters. The van der Waals surface area contributed by atoms with Gasteiger partial charge in [0.25, 0.3) is 5.91 Å². The summed E-state index contributed by atoms with van der Waals surface area (Å²) in [6.07, 6.45) is 1.50. The Kier molecular flexibility index (Phi) is 6.94. The molecule has 0 saturated carbocycles. The number of hydrogen-bond donors (Lipinski definition) is 3. The van der Waals surface area contributed by atoms with E-state index in [4.69, 9.17) is 5.11 Å². The molecule has 0 saturated heterocycles. The lowest BCUT2D eigenvalue weighted by Crippen LogP contribution is -2.26.